The number of hydrogen-bond donors (Lipinski definition) is 0. The monoisotopic (exact) mass is 320 g/mol. The molecule has 2 saturated heterocycles. The van der Waals surface area contributed by atoms with Crippen molar-refractivity contribution in [2.75, 3.05) is 25.4 Å². The molecule has 6 nitrogen and oxygen atoms in total. The van der Waals surface area contributed by atoms with Crippen LogP contribution >= 0.6 is 11.8 Å². The number of thioether (sulfide) groups is 1. The molecule has 2 fully saturated rings. The van der Waals surface area contributed by atoms with Crippen LogP contribution in [0.3, 0.4) is 0 Å². The molecule has 0 atom stereocenters. The minimum absolute atomic E-state index is 0.0916. The van der Waals surface area contributed by atoms with Gasteiger partial charge in [-0.15, -0.1) is 0 Å². The predicted molar refractivity (Wildman–Crippen MR) is 82.0 cm³/mol. The van der Waals surface area contributed by atoms with Gasteiger partial charge in [0.25, 0.3) is 11.1 Å². The van der Waals surface area contributed by atoms with Crippen molar-refractivity contribution in [3.8, 4) is 5.75 Å². The summed E-state index contributed by atoms with van der Waals surface area (Å²) in [6.07, 6.45) is 0. The van der Waals surface area contributed by atoms with Gasteiger partial charge in [0, 0.05) is 18.7 Å². The normalized spacial score (nSPS) is 18.6. The first-order valence-electron chi connectivity index (χ1n) is 7.11. The lowest BCUT2D eigenvalue weighted by Crippen LogP contribution is -2.62. The Bertz CT molecular complexity index is 594. The van der Waals surface area contributed by atoms with E-state index in [1.54, 1.807) is 29.2 Å². The van der Waals surface area contributed by atoms with E-state index in [9.17, 15) is 14.4 Å². The Balaban J connectivity index is 1.59. The van der Waals surface area contributed by atoms with E-state index < -0.39 is 0 Å². The first kappa shape index (κ1) is 14.9. The first-order valence-corrected chi connectivity index (χ1v) is 8.09. The highest BCUT2D eigenvalue weighted by Crippen LogP contribution is 2.27. The molecular weight excluding hydrogens is 304 g/mol. The van der Waals surface area contributed by atoms with Crippen LogP contribution in [0, 0.1) is 0 Å². The Labute approximate surface area is 132 Å². The molecule has 1 aromatic carbocycles. The maximum absolute atomic E-state index is 12.3. The van der Waals surface area contributed by atoms with E-state index in [1.807, 2.05) is 6.92 Å². The first-order chi connectivity index (χ1) is 10.6. The van der Waals surface area contributed by atoms with Crippen LogP contribution in [0.4, 0.5) is 4.79 Å². The van der Waals surface area contributed by atoms with E-state index in [4.69, 9.17) is 4.74 Å². The van der Waals surface area contributed by atoms with Crippen molar-refractivity contribution in [1.29, 1.82) is 0 Å². The van der Waals surface area contributed by atoms with Crippen LogP contribution in [-0.4, -0.2) is 58.3 Å². The van der Waals surface area contributed by atoms with Gasteiger partial charge in [-0.05, 0) is 31.2 Å². The molecule has 0 saturated carbocycles. The van der Waals surface area contributed by atoms with Crippen LogP contribution < -0.4 is 4.74 Å². The second-order valence-corrected chi connectivity index (χ2v) is 6.07. The molecule has 116 valence electrons. The summed E-state index contributed by atoms with van der Waals surface area (Å²) in [4.78, 5) is 38.5. The van der Waals surface area contributed by atoms with Crippen LogP contribution in [0.15, 0.2) is 24.3 Å². The summed E-state index contributed by atoms with van der Waals surface area (Å²) in [7, 11) is 0. The standard InChI is InChI=1S/C15H16N2O4S/c1-2-21-12-5-3-10(4-6-12)14(19)16-7-11(8-16)17-13(18)9-22-15(17)20/h3-6,11H,2,7-9H2,1H3. The molecule has 2 aliphatic rings. The predicted octanol–water partition coefficient (Wildman–Crippen LogP) is 1.61. The molecule has 2 heterocycles. The summed E-state index contributed by atoms with van der Waals surface area (Å²) in [5.74, 6) is 0.687. The summed E-state index contributed by atoms with van der Waals surface area (Å²) in [5.41, 5.74) is 0.579. The van der Waals surface area contributed by atoms with E-state index in [2.05, 4.69) is 0 Å². The number of benzene rings is 1. The Kier molecular flexibility index (Phi) is 4.06. The van der Waals surface area contributed by atoms with Crippen LogP contribution in [-0.2, 0) is 4.79 Å². The topological polar surface area (TPSA) is 66.9 Å². The third-order valence-corrected chi connectivity index (χ3v) is 4.55. The van der Waals surface area contributed by atoms with Crippen LogP contribution in [0.25, 0.3) is 0 Å². The highest BCUT2D eigenvalue weighted by Gasteiger charge is 2.43. The van der Waals surface area contributed by atoms with E-state index in [0.29, 0.717) is 25.3 Å². The van der Waals surface area contributed by atoms with Crippen LogP contribution in [0.2, 0.25) is 0 Å². The molecule has 22 heavy (non-hydrogen) atoms. The van der Waals surface area contributed by atoms with E-state index >= 15 is 0 Å². The largest absolute Gasteiger partial charge is 0.494 e. The zero-order valence-corrected chi connectivity index (χ0v) is 13.0. The fraction of sp³-hybridized carbons (Fsp3) is 0.400. The summed E-state index contributed by atoms with van der Waals surface area (Å²) in [6.45, 7) is 3.30. The lowest BCUT2D eigenvalue weighted by molar-refractivity contribution is -0.128. The van der Waals surface area contributed by atoms with Crippen molar-refractivity contribution in [1.82, 2.24) is 9.80 Å². The molecule has 0 aliphatic carbocycles. The number of nitrogens with zero attached hydrogens (tertiary/aromatic N) is 2. The summed E-state index contributed by atoms with van der Waals surface area (Å²) < 4.78 is 5.34. The van der Waals surface area contributed by atoms with Crippen LogP contribution in [0.5, 0.6) is 5.75 Å². The van der Waals surface area contributed by atoms with Crippen molar-refractivity contribution in [3.63, 3.8) is 0 Å². The van der Waals surface area contributed by atoms with Gasteiger partial charge in [0.05, 0.1) is 18.4 Å². The van der Waals surface area contributed by atoms with Crippen molar-refractivity contribution in [2.24, 2.45) is 0 Å². The summed E-state index contributed by atoms with van der Waals surface area (Å²) in [6, 6.07) is 6.79. The molecule has 3 rings (SSSR count). The molecule has 1 aromatic rings. The SMILES string of the molecule is CCOc1ccc(C(=O)N2CC(N3C(=O)CSC3=O)C2)cc1. The number of carbonyl (C=O) groups is 3. The van der Waals surface area contributed by atoms with Crippen molar-refractivity contribution in [2.45, 2.75) is 13.0 Å². The molecule has 0 spiro atoms. The van der Waals surface area contributed by atoms with Crippen LogP contribution in [0.1, 0.15) is 17.3 Å². The molecule has 0 aromatic heterocycles. The van der Waals surface area contributed by atoms with Gasteiger partial charge in [-0.3, -0.25) is 19.3 Å². The molecule has 0 radical (unpaired) electrons. The molecule has 0 unspecified atom stereocenters. The van der Waals surface area contributed by atoms with Gasteiger partial charge in [-0.25, -0.2) is 0 Å². The molecule has 2 aliphatic heterocycles. The number of carbonyl (C=O) groups excluding carboxylic acids is 3. The zero-order valence-electron chi connectivity index (χ0n) is 12.2. The second-order valence-electron chi connectivity index (χ2n) is 5.14. The number of rotatable bonds is 4. The number of amides is 3. The van der Waals surface area contributed by atoms with Gasteiger partial charge < -0.3 is 9.64 Å². The number of hydrogen-bond acceptors (Lipinski definition) is 5. The molecular formula is C15H16N2O4S. The van der Waals surface area contributed by atoms with E-state index in [-0.39, 0.29) is 28.8 Å². The van der Waals surface area contributed by atoms with Gasteiger partial charge in [-0.1, -0.05) is 11.8 Å². The van der Waals surface area contributed by atoms with Gasteiger partial charge in [0.15, 0.2) is 0 Å². The van der Waals surface area contributed by atoms with E-state index in [0.717, 1.165) is 17.5 Å². The fourth-order valence-electron chi connectivity index (χ4n) is 2.54. The molecule has 7 heteroatoms. The van der Waals surface area contributed by atoms with E-state index in [1.165, 1.54) is 4.90 Å². The molecule has 0 bridgehead atoms. The lowest BCUT2D eigenvalue weighted by atomic mass is 10.1. The lowest BCUT2D eigenvalue weighted by Gasteiger charge is -2.42. The van der Waals surface area contributed by atoms with Gasteiger partial charge in [0.2, 0.25) is 5.91 Å². The zero-order chi connectivity index (χ0) is 15.7. The third-order valence-electron chi connectivity index (χ3n) is 3.71. The number of likely N-dealkylation sites (tertiary alicyclic amines) is 1. The van der Waals surface area contributed by atoms with Gasteiger partial charge in [-0.2, -0.15) is 0 Å². The van der Waals surface area contributed by atoms with Crippen molar-refractivity contribution < 1.29 is 19.1 Å². The smallest absolute Gasteiger partial charge is 0.289 e. The van der Waals surface area contributed by atoms with Gasteiger partial charge >= 0.3 is 0 Å². The van der Waals surface area contributed by atoms with Gasteiger partial charge in [0.1, 0.15) is 5.75 Å². The minimum Gasteiger partial charge on any atom is -0.494 e. The quantitative estimate of drug-likeness (QED) is 0.843. The highest BCUT2D eigenvalue weighted by atomic mass is 32.2. The summed E-state index contributed by atoms with van der Waals surface area (Å²) >= 11 is 1.02. The average Bonchev–Trinajstić information content (AvgIpc) is 2.79. The van der Waals surface area contributed by atoms with Crippen molar-refractivity contribution in [3.05, 3.63) is 29.8 Å². The Morgan fingerprint density at radius 2 is 1.95 bits per heavy atom. The second kappa shape index (κ2) is 6.00. The highest BCUT2D eigenvalue weighted by molar-refractivity contribution is 8.14. The number of imide groups is 1. The minimum atomic E-state index is -0.205. The maximum atomic E-state index is 12.3. The molecule has 0 N–H and O–H groups in total. The average molecular weight is 320 g/mol. The third kappa shape index (κ3) is 2.68. The Morgan fingerprint density at radius 1 is 1.27 bits per heavy atom. The number of ether oxygens (including phenoxy) is 1. The van der Waals surface area contributed by atoms with Crippen molar-refractivity contribution >= 4 is 28.8 Å². The maximum Gasteiger partial charge on any atom is 0.289 e. The Morgan fingerprint density at radius 3 is 2.50 bits per heavy atom. The summed E-state index contributed by atoms with van der Waals surface area (Å²) in [5, 5.41) is -0.205. The molecule has 3 amide bonds. The fourth-order valence-corrected chi connectivity index (χ4v) is 3.32. The Hall–Kier alpha value is -2.02.